The number of aryl methyl sites for hydroxylation is 2. The van der Waals surface area contributed by atoms with Crippen LogP contribution in [-0.2, 0) is 27.0 Å². The summed E-state index contributed by atoms with van der Waals surface area (Å²) in [6.45, 7) is 11.3. The molecule has 0 radical (unpaired) electrons. The second kappa shape index (κ2) is 15.7. The molecule has 0 aromatic heterocycles. The number of anilines is 1. The molecule has 0 unspecified atom stereocenters. The van der Waals surface area contributed by atoms with E-state index in [2.05, 4.69) is 27.3 Å². The van der Waals surface area contributed by atoms with Crippen LogP contribution in [0.1, 0.15) is 73.1 Å². The number of ether oxygens (including phenoxy) is 2. The van der Waals surface area contributed by atoms with Gasteiger partial charge in [-0.25, -0.2) is 4.79 Å². The van der Waals surface area contributed by atoms with Crippen LogP contribution in [0.4, 0.5) is 23.7 Å². The lowest BCUT2D eigenvalue weighted by atomic mass is 10.0. The minimum atomic E-state index is -4.73. The Morgan fingerprint density at radius 3 is 2.28 bits per heavy atom. The summed E-state index contributed by atoms with van der Waals surface area (Å²) in [5, 5.41) is 10.9. The normalized spacial score (nSPS) is 13.2. The molecule has 0 aliphatic carbocycles. The lowest BCUT2D eigenvalue weighted by Gasteiger charge is -2.27. The van der Waals surface area contributed by atoms with Crippen LogP contribution in [-0.4, -0.2) is 55.9 Å². The third kappa shape index (κ3) is 11.9. The highest BCUT2D eigenvalue weighted by molar-refractivity contribution is 6.04. The highest BCUT2D eigenvalue weighted by atomic mass is 19.4. The van der Waals surface area contributed by atoms with Gasteiger partial charge in [0, 0.05) is 20.2 Å². The predicted octanol–water partition coefficient (Wildman–Crippen LogP) is 5.49. The van der Waals surface area contributed by atoms with E-state index in [0.717, 1.165) is 35.2 Å². The van der Waals surface area contributed by atoms with Gasteiger partial charge in [0.15, 0.2) is 0 Å². The highest BCUT2D eigenvalue weighted by Crippen LogP contribution is 2.32. The van der Waals surface area contributed by atoms with Crippen LogP contribution in [0.2, 0.25) is 0 Å². The molecule has 0 bridgehead atoms. The van der Waals surface area contributed by atoms with E-state index in [-0.39, 0.29) is 11.8 Å². The summed E-state index contributed by atoms with van der Waals surface area (Å²) >= 11 is 0. The topological polar surface area (TPSA) is 118 Å². The number of amides is 3. The Balaban J connectivity index is 2.13. The Kier molecular flexibility index (Phi) is 13.0. The van der Waals surface area contributed by atoms with Gasteiger partial charge in [-0.2, -0.15) is 13.2 Å². The van der Waals surface area contributed by atoms with Crippen LogP contribution in [0.25, 0.3) is 0 Å². The summed E-state index contributed by atoms with van der Waals surface area (Å²) in [6.07, 6.45) is -4.52. The van der Waals surface area contributed by atoms with E-state index in [9.17, 15) is 27.6 Å². The average molecular weight is 609 g/mol. The zero-order chi connectivity index (χ0) is 32.4. The molecule has 0 saturated carbocycles. The predicted molar refractivity (Wildman–Crippen MR) is 159 cm³/mol. The maximum atomic E-state index is 13.4. The molecule has 238 valence electrons. The summed E-state index contributed by atoms with van der Waals surface area (Å²) in [4.78, 5) is 38.2. The molecule has 0 aliphatic rings. The van der Waals surface area contributed by atoms with Crippen molar-refractivity contribution in [2.75, 3.05) is 25.5 Å². The van der Waals surface area contributed by atoms with E-state index < -0.39 is 53.4 Å². The van der Waals surface area contributed by atoms with Gasteiger partial charge in [-0.1, -0.05) is 37.1 Å². The van der Waals surface area contributed by atoms with E-state index >= 15 is 0 Å². The lowest BCUT2D eigenvalue weighted by molar-refractivity contribution is -0.137. The Morgan fingerprint density at radius 1 is 1.00 bits per heavy atom. The SMILES string of the molecule is CCC[C@H](OC)[C@H](CNCc1ccc(C)cc1C)NC(=O)CNC(=O)c1cc(C(F)(F)F)ccc1NC(=O)OC(C)(C)C. The number of nitrogens with one attached hydrogen (secondary N) is 4. The fourth-order valence-electron chi connectivity index (χ4n) is 4.39. The van der Waals surface area contributed by atoms with E-state index in [4.69, 9.17) is 9.47 Å². The molecule has 0 heterocycles. The fraction of sp³-hybridized carbons (Fsp3) is 0.516. The van der Waals surface area contributed by atoms with Crippen molar-refractivity contribution in [2.24, 2.45) is 0 Å². The van der Waals surface area contributed by atoms with Gasteiger partial charge in [-0.3, -0.25) is 14.9 Å². The van der Waals surface area contributed by atoms with E-state index in [1.54, 1.807) is 27.9 Å². The van der Waals surface area contributed by atoms with Crippen molar-refractivity contribution in [1.29, 1.82) is 0 Å². The minimum absolute atomic E-state index is 0.198. The first kappa shape index (κ1) is 35.6. The number of hydrogen-bond donors (Lipinski definition) is 4. The maximum absolute atomic E-state index is 13.4. The molecule has 0 spiro atoms. The van der Waals surface area contributed by atoms with Gasteiger partial charge in [-0.15, -0.1) is 0 Å². The van der Waals surface area contributed by atoms with Crippen LogP contribution < -0.4 is 21.3 Å². The number of alkyl halides is 3. The first-order valence-electron chi connectivity index (χ1n) is 14.1. The van der Waals surface area contributed by atoms with Crippen LogP contribution >= 0.6 is 0 Å². The largest absolute Gasteiger partial charge is 0.444 e. The highest BCUT2D eigenvalue weighted by Gasteiger charge is 2.32. The molecule has 3 amide bonds. The number of halogens is 3. The second-order valence-corrected chi connectivity index (χ2v) is 11.4. The first-order valence-corrected chi connectivity index (χ1v) is 14.1. The molecule has 0 fully saturated rings. The zero-order valence-electron chi connectivity index (χ0n) is 25.8. The quantitative estimate of drug-likeness (QED) is 0.239. The summed E-state index contributed by atoms with van der Waals surface area (Å²) in [5.41, 5.74) is 0.783. The van der Waals surface area contributed by atoms with Crippen molar-refractivity contribution in [1.82, 2.24) is 16.0 Å². The van der Waals surface area contributed by atoms with Crippen LogP contribution in [0.5, 0.6) is 0 Å². The fourth-order valence-corrected chi connectivity index (χ4v) is 4.39. The molecule has 2 rings (SSSR count). The van der Waals surface area contributed by atoms with Gasteiger partial charge in [-0.05, 0) is 70.4 Å². The molecule has 9 nitrogen and oxygen atoms in total. The molecule has 2 aromatic carbocycles. The number of carbonyl (C=O) groups excluding carboxylic acids is 3. The first-order chi connectivity index (χ1) is 20.0. The smallest absolute Gasteiger partial charge is 0.416 e. The minimum Gasteiger partial charge on any atom is -0.444 e. The monoisotopic (exact) mass is 608 g/mol. The van der Waals surface area contributed by atoms with Crippen molar-refractivity contribution in [3.63, 3.8) is 0 Å². The molecular weight excluding hydrogens is 565 g/mol. The maximum Gasteiger partial charge on any atom is 0.416 e. The standard InChI is InChI=1S/C31H43F3N4O5/c1-8-9-26(42-7)25(17-35-16-21-11-10-19(2)14-20(21)3)37-27(39)18-36-28(40)23-15-22(31(32,33)34)12-13-24(23)38-29(41)43-30(4,5)6/h10-15,25-26,35H,8-9,16-18H2,1-7H3,(H,36,40)(H,37,39)(H,38,41)/t25-,26-/m0/s1. The summed E-state index contributed by atoms with van der Waals surface area (Å²) in [6, 6.07) is 8.03. The lowest BCUT2D eigenvalue weighted by Crippen LogP contribution is -2.52. The molecule has 0 aliphatic heterocycles. The van der Waals surface area contributed by atoms with Gasteiger partial charge in [0.25, 0.3) is 5.91 Å². The Hall–Kier alpha value is -3.64. The molecule has 2 aromatic rings. The van der Waals surface area contributed by atoms with Crippen LogP contribution in [0.3, 0.4) is 0 Å². The second-order valence-electron chi connectivity index (χ2n) is 11.4. The van der Waals surface area contributed by atoms with Gasteiger partial charge in [0.2, 0.25) is 5.91 Å². The van der Waals surface area contributed by atoms with E-state index in [1.165, 1.54) is 0 Å². The molecule has 4 N–H and O–H groups in total. The number of methoxy groups -OCH3 is 1. The van der Waals surface area contributed by atoms with Gasteiger partial charge in [0.1, 0.15) is 5.60 Å². The Morgan fingerprint density at radius 2 is 1.70 bits per heavy atom. The van der Waals surface area contributed by atoms with Crippen molar-refractivity contribution >= 4 is 23.6 Å². The van der Waals surface area contributed by atoms with E-state index in [1.807, 2.05) is 32.9 Å². The van der Waals surface area contributed by atoms with Crippen LogP contribution in [0.15, 0.2) is 36.4 Å². The third-order valence-electron chi connectivity index (χ3n) is 6.49. The zero-order valence-corrected chi connectivity index (χ0v) is 25.8. The van der Waals surface area contributed by atoms with Crippen molar-refractivity contribution in [2.45, 2.75) is 84.9 Å². The number of benzene rings is 2. The molecular formula is C31H43F3N4O5. The average Bonchev–Trinajstić information content (AvgIpc) is 2.89. The Labute approximate surface area is 251 Å². The molecule has 12 heteroatoms. The number of carbonyl (C=O) groups is 3. The number of hydrogen-bond acceptors (Lipinski definition) is 6. The number of rotatable bonds is 13. The van der Waals surface area contributed by atoms with Gasteiger partial charge >= 0.3 is 12.3 Å². The summed E-state index contributed by atoms with van der Waals surface area (Å²) < 4.78 is 51.0. The van der Waals surface area contributed by atoms with Gasteiger partial charge in [0.05, 0.1) is 35.5 Å². The Bertz CT molecular complexity index is 1260. The van der Waals surface area contributed by atoms with Crippen molar-refractivity contribution in [3.8, 4) is 0 Å². The van der Waals surface area contributed by atoms with E-state index in [0.29, 0.717) is 25.6 Å². The molecule has 0 saturated heterocycles. The van der Waals surface area contributed by atoms with Crippen molar-refractivity contribution in [3.05, 3.63) is 64.2 Å². The van der Waals surface area contributed by atoms with Gasteiger partial charge < -0.3 is 25.4 Å². The molecule has 43 heavy (non-hydrogen) atoms. The van der Waals surface area contributed by atoms with Crippen LogP contribution in [0, 0.1) is 13.8 Å². The summed E-state index contributed by atoms with van der Waals surface area (Å²) in [7, 11) is 1.55. The van der Waals surface area contributed by atoms with Crippen molar-refractivity contribution < 1.29 is 37.0 Å². The summed E-state index contributed by atoms with van der Waals surface area (Å²) in [5.74, 6) is -1.54. The third-order valence-corrected chi connectivity index (χ3v) is 6.49. The molecule has 2 atom stereocenters.